The van der Waals surface area contributed by atoms with Crippen molar-refractivity contribution in [2.24, 2.45) is 11.3 Å². The molecule has 1 heterocycles. The number of hydrogen-bond donors (Lipinski definition) is 1. The Bertz CT molecular complexity index is 613. The van der Waals surface area contributed by atoms with Gasteiger partial charge in [0.2, 0.25) is 11.8 Å². The van der Waals surface area contributed by atoms with Gasteiger partial charge in [0.15, 0.2) is 0 Å². The van der Waals surface area contributed by atoms with Gasteiger partial charge in [-0.15, -0.1) is 0 Å². The molecule has 1 atom stereocenters. The summed E-state index contributed by atoms with van der Waals surface area (Å²) in [5.74, 6) is 0.142. The molecule has 0 aromatic heterocycles. The predicted octanol–water partition coefficient (Wildman–Crippen LogP) is 3.98. The highest BCUT2D eigenvalue weighted by Crippen LogP contribution is 2.27. The van der Waals surface area contributed by atoms with Gasteiger partial charge in [-0.25, -0.2) is 0 Å². The van der Waals surface area contributed by atoms with Crippen LogP contribution in [0.5, 0.6) is 0 Å². The fourth-order valence-corrected chi connectivity index (χ4v) is 3.20. The lowest BCUT2D eigenvalue weighted by Crippen LogP contribution is -2.50. The summed E-state index contributed by atoms with van der Waals surface area (Å²) < 4.78 is 0.935. The molecule has 1 aromatic rings. The summed E-state index contributed by atoms with van der Waals surface area (Å²) in [6.45, 7) is 9.03. The number of hydrogen-bond acceptors (Lipinski definition) is 2. The fourth-order valence-electron chi connectivity index (χ4n) is 2.82. The summed E-state index contributed by atoms with van der Waals surface area (Å²) >= 11 is 3.46. The smallest absolute Gasteiger partial charge is 0.239 e. The summed E-state index contributed by atoms with van der Waals surface area (Å²) in [5, 5.41) is 2.87. The molecule has 0 spiro atoms. The first-order valence-electron chi connectivity index (χ1n) is 8.09. The number of nitrogens with one attached hydrogen (secondary N) is 1. The number of aryl methyl sites for hydroxylation is 1. The molecule has 0 aliphatic carbocycles. The minimum Gasteiger partial charge on any atom is -0.342 e. The lowest BCUT2D eigenvalue weighted by Gasteiger charge is -2.36. The van der Waals surface area contributed by atoms with Gasteiger partial charge < -0.3 is 10.2 Å². The number of rotatable bonds is 3. The monoisotopic (exact) mass is 380 g/mol. The molecule has 1 fully saturated rings. The van der Waals surface area contributed by atoms with Crippen molar-refractivity contribution in [3.05, 3.63) is 28.2 Å². The second-order valence-electron chi connectivity index (χ2n) is 7.04. The number of piperidine rings is 1. The highest BCUT2D eigenvalue weighted by molar-refractivity contribution is 9.10. The molecule has 0 bridgehead atoms. The minimum atomic E-state index is -1.07. The lowest BCUT2D eigenvalue weighted by molar-refractivity contribution is -0.147. The van der Waals surface area contributed by atoms with Crippen molar-refractivity contribution in [2.75, 3.05) is 18.4 Å². The van der Waals surface area contributed by atoms with Crippen LogP contribution in [-0.2, 0) is 9.59 Å². The third-order valence-corrected chi connectivity index (χ3v) is 5.33. The molecular weight excluding hydrogens is 356 g/mol. The van der Waals surface area contributed by atoms with E-state index in [9.17, 15) is 9.59 Å². The van der Waals surface area contributed by atoms with E-state index in [-0.39, 0.29) is 11.8 Å². The number of likely N-dealkylation sites (tertiary alicyclic amines) is 1. The summed E-state index contributed by atoms with van der Waals surface area (Å²) in [6, 6.07) is 5.64. The molecule has 0 saturated carbocycles. The maximum absolute atomic E-state index is 12.8. The van der Waals surface area contributed by atoms with E-state index < -0.39 is 5.41 Å². The van der Waals surface area contributed by atoms with E-state index in [1.54, 1.807) is 13.8 Å². The van der Waals surface area contributed by atoms with Crippen LogP contribution in [0.4, 0.5) is 5.69 Å². The number of carbonyl (C=O) groups is 2. The molecule has 5 heteroatoms. The van der Waals surface area contributed by atoms with Crippen LogP contribution in [0.2, 0.25) is 0 Å². The number of amides is 2. The summed E-state index contributed by atoms with van der Waals surface area (Å²) in [5.41, 5.74) is 0.718. The fraction of sp³-hybridized carbons (Fsp3) is 0.556. The van der Waals surface area contributed by atoms with Crippen LogP contribution in [0.1, 0.15) is 39.2 Å². The van der Waals surface area contributed by atoms with Crippen LogP contribution in [-0.4, -0.2) is 29.8 Å². The van der Waals surface area contributed by atoms with Gasteiger partial charge in [0.25, 0.3) is 0 Å². The van der Waals surface area contributed by atoms with E-state index in [1.165, 1.54) is 0 Å². The van der Waals surface area contributed by atoms with Gasteiger partial charge in [0.1, 0.15) is 5.41 Å². The maximum Gasteiger partial charge on any atom is 0.239 e. The third-order valence-electron chi connectivity index (χ3n) is 4.48. The summed E-state index contributed by atoms with van der Waals surface area (Å²) in [7, 11) is 0. The molecule has 1 aliphatic rings. The van der Waals surface area contributed by atoms with Crippen molar-refractivity contribution in [1.82, 2.24) is 4.90 Å². The molecule has 1 unspecified atom stereocenters. The third kappa shape index (κ3) is 4.14. The number of benzene rings is 1. The Morgan fingerprint density at radius 1 is 1.35 bits per heavy atom. The highest BCUT2D eigenvalue weighted by atomic mass is 79.9. The van der Waals surface area contributed by atoms with Crippen molar-refractivity contribution < 1.29 is 9.59 Å². The average Bonchev–Trinajstić information content (AvgIpc) is 2.50. The van der Waals surface area contributed by atoms with Gasteiger partial charge in [0, 0.05) is 23.2 Å². The van der Waals surface area contributed by atoms with E-state index in [1.807, 2.05) is 30.0 Å². The average molecular weight is 381 g/mol. The minimum absolute atomic E-state index is 0.0901. The van der Waals surface area contributed by atoms with Crippen LogP contribution in [0, 0.1) is 18.3 Å². The van der Waals surface area contributed by atoms with Crippen molar-refractivity contribution in [3.63, 3.8) is 0 Å². The Morgan fingerprint density at radius 3 is 2.65 bits per heavy atom. The molecule has 1 saturated heterocycles. The topological polar surface area (TPSA) is 49.4 Å². The molecule has 23 heavy (non-hydrogen) atoms. The van der Waals surface area contributed by atoms with Crippen LogP contribution >= 0.6 is 15.9 Å². The van der Waals surface area contributed by atoms with Crippen molar-refractivity contribution in [3.8, 4) is 0 Å². The predicted molar refractivity (Wildman–Crippen MR) is 96.3 cm³/mol. The molecule has 2 amide bonds. The zero-order valence-corrected chi connectivity index (χ0v) is 15.9. The normalized spacial score (nSPS) is 18.7. The second-order valence-corrected chi connectivity index (χ2v) is 7.90. The molecular formula is C18H25BrN2O2. The maximum atomic E-state index is 12.8. The van der Waals surface area contributed by atoms with E-state index in [4.69, 9.17) is 0 Å². The number of carbonyl (C=O) groups excluding carboxylic acids is 2. The number of halogens is 1. The molecule has 1 aromatic carbocycles. The molecule has 126 valence electrons. The van der Waals surface area contributed by atoms with Gasteiger partial charge in [0.05, 0.1) is 0 Å². The SMILES string of the molecule is Cc1ccc(NC(=O)C(C)(C)C(=O)N2CCCC(C)C2)cc1Br. The van der Waals surface area contributed by atoms with Crippen LogP contribution in [0.25, 0.3) is 0 Å². The van der Waals surface area contributed by atoms with E-state index in [0.29, 0.717) is 11.6 Å². The first kappa shape index (κ1) is 18.0. The first-order chi connectivity index (χ1) is 10.7. The van der Waals surface area contributed by atoms with E-state index >= 15 is 0 Å². The zero-order valence-electron chi connectivity index (χ0n) is 14.3. The van der Waals surface area contributed by atoms with Crippen molar-refractivity contribution in [1.29, 1.82) is 0 Å². The number of anilines is 1. The second kappa shape index (κ2) is 7.04. The van der Waals surface area contributed by atoms with E-state index in [2.05, 4.69) is 28.2 Å². The van der Waals surface area contributed by atoms with Gasteiger partial charge >= 0.3 is 0 Å². The van der Waals surface area contributed by atoms with Gasteiger partial charge in [-0.1, -0.05) is 28.9 Å². The van der Waals surface area contributed by atoms with E-state index in [0.717, 1.165) is 36.0 Å². The van der Waals surface area contributed by atoms with Crippen LogP contribution < -0.4 is 5.32 Å². The quantitative estimate of drug-likeness (QED) is 0.806. The summed E-state index contributed by atoms with van der Waals surface area (Å²) in [6.07, 6.45) is 2.16. The van der Waals surface area contributed by atoms with Crippen LogP contribution in [0.15, 0.2) is 22.7 Å². The highest BCUT2D eigenvalue weighted by Gasteiger charge is 2.40. The molecule has 4 nitrogen and oxygen atoms in total. The first-order valence-corrected chi connectivity index (χ1v) is 8.88. The zero-order chi connectivity index (χ0) is 17.2. The largest absolute Gasteiger partial charge is 0.342 e. The Kier molecular flexibility index (Phi) is 5.50. The Hall–Kier alpha value is -1.36. The van der Waals surface area contributed by atoms with Crippen molar-refractivity contribution >= 4 is 33.4 Å². The Morgan fingerprint density at radius 2 is 2.04 bits per heavy atom. The van der Waals surface area contributed by atoms with Gasteiger partial charge in [-0.2, -0.15) is 0 Å². The standard InChI is InChI=1S/C18H25BrN2O2/c1-12-6-5-9-21(11-12)17(23)18(3,4)16(22)20-14-8-7-13(2)15(19)10-14/h7-8,10,12H,5-6,9,11H2,1-4H3,(H,20,22). The molecule has 2 rings (SSSR count). The molecule has 0 radical (unpaired) electrons. The van der Waals surface area contributed by atoms with Gasteiger partial charge in [-0.05, 0) is 57.2 Å². The van der Waals surface area contributed by atoms with Crippen molar-refractivity contribution in [2.45, 2.75) is 40.5 Å². The molecule has 1 aliphatic heterocycles. The van der Waals surface area contributed by atoms with Gasteiger partial charge in [-0.3, -0.25) is 9.59 Å². The Balaban J connectivity index is 2.09. The van der Waals surface area contributed by atoms with Crippen LogP contribution in [0.3, 0.4) is 0 Å². The lowest BCUT2D eigenvalue weighted by atomic mass is 9.88. The number of nitrogens with zero attached hydrogens (tertiary/aromatic N) is 1. The summed E-state index contributed by atoms with van der Waals surface area (Å²) in [4.78, 5) is 27.2. The molecule has 1 N–H and O–H groups in total. The Labute approximate surface area is 146 Å².